The molecule has 1 saturated heterocycles. The van der Waals surface area contributed by atoms with Crippen molar-refractivity contribution in [1.82, 2.24) is 0 Å². The lowest BCUT2D eigenvalue weighted by Gasteiger charge is -2.32. The molecular formula is C18H28BNO6. The molecule has 8 heteroatoms. The van der Waals surface area contributed by atoms with Crippen LogP contribution in [0.1, 0.15) is 41.0 Å². The Morgan fingerprint density at radius 3 is 2.42 bits per heavy atom. The number of amides is 1. The van der Waals surface area contributed by atoms with Gasteiger partial charge in [0.05, 0.1) is 24.0 Å². The molecule has 2 N–H and O–H groups in total. The maximum atomic E-state index is 12.0. The van der Waals surface area contributed by atoms with Crippen molar-refractivity contribution in [3.8, 4) is 5.75 Å². The number of anilines is 1. The van der Waals surface area contributed by atoms with Gasteiger partial charge in [0.25, 0.3) is 0 Å². The smallest absolute Gasteiger partial charge is 0.494 e. The number of carbonyl (C=O) groups excluding carboxylic acids is 1. The van der Waals surface area contributed by atoms with E-state index in [1.165, 1.54) is 7.11 Å². The molecule has 0 aromatic heterocycles. The highest BCUT2D eigenvalue weighted by Crippen LogP contribution is 2.37. The predicted octanol–water partition coefficient (Wildman–Crippen LogP) is 2.31. The normalized spacial score (nSPS) is 19.1. The van der Waals surface area contributed by atoms with E-state index in [-0.39, 0.29) is 12.7 Å². The summed E-state index contributed by atoms with van der Waals surface area (Å²) in [6.07, 6.45) is -0.603. The molecule has 7 nitrogen and oxygen atoms in total. The first-order valence-electron chi connectivity index (χ1n) is 8.71. The Bertz CT molecular complexity index is 633. The summed E-state index contributed by atoms with van der Waals surface area (Å²) in [6, 6.07) is 5.31. The van der Waals surface area contributed by atoms with Crippen LogP contribution in [0.4, 0.5) is 10.5 Å². The number of aliphatic hydroxyl groups is 1. The van der Waals surface area contributed by atoms with Crippen LogP contribution in [-0.2, 0) is 14.0 Å². The van der Waals surface area contributed by atoms with Gasteiger partial charge in [-0.3, -0.25) is 5.32 Å². The van der Waals surface area contributed by atoms with Crippen molar-refractivity contribution >= 4 is 24.4 Å². The summed E-state index contributed by atoms with van der Waals surface area (Å²) >= 11 is 0. The fourth-order valence-electron chi connectivity index (χ4n) is 2.50. The van der Waals surface area contributed by atoms with Gasteiger partial charge in [0.15, 0.2) is 0 Å². The molecule has 1 aromatic carbocycles. The number of ether oxygens (including phenoxy) is 2. The SMILES string of the molecule is COc1cc(B2OC(C)(C)C(C)(C)O2)ccc1NC(=O)O[C@@H](C)CCO. The van der Waals surface area contributed by atoms with Gasteiger partial charge in [0, 0.05) is 13.0 Å². The van der Waals surface area contributed by atoms with Gasteiger partial charge in [0.1, 0.15) is 11.9 Å². The molecule has 0 saturated carbocycles. The Labute approximate surface area is 155 Å². The third kappa shape index (κ3) is 4.49. The van der Waals surface area contributed by atoms with Crippen molar-refractivity contribution in [3.05, 3.63) is 18.2 Å². The minimum absolute atomic E-state index is 0.0411. The third-order valence-corrected chi connectivity index (χ3v) is 4.83. The van der Waals surface area contributed by atoms with E-state index < -0.39 is 24.4 Å². The molecule has 0 unspecified atom stereocenters. The molecule has 26 heavy (non-hydrogen) atoms. The summed E-state index contributed by atoms with van der Waals surface area (Å²) in [7, 11) is 1.01. The molecule has 1 aliphatic rings. The summed E-state index contributed by atoms with van der Waals surface area (Å²) in [5.74, 6) is 0.476. The lowest BCUT2D eigenvalue weighted by molar-refractivity contribution is 0.00578. The van der Waals surface area contributed by atoms with Gasteiger partial charge in [-0.05, 0) is 52.2 Å². The fourth-order valence-corrected chi connectivity index (χ4v) is 2.50. The first-order chi connectivity index (χ1) is 12.1. The third-order valence-electron chi connectivity index (χ3n) is 4.83. The van der Waals surface area contributed by atoms with Gasteiger partial charge in [-0.25, -0.2) is 4.79 Å². The minimum Gasteiger partial charge on any atom is -0.495 e. The quantitative estimate of drug-likeness (QED) is 0.753. The molecule has 1 heterocycles. The van der Waals surface area contributed by atoms with Gasteiger partial charge < -0.3 is 23.9 Å². The van der Waals surface area contributed by atoms with Crippen LogP contribution in [-0.4, -0.2) is 49.3 Å². The van der Waals surface area contributed by atoms with Crippen LogP contribution in [0.2, 0.25) is 0 Å². The van der Waals surface area contributed by atoms with E-state index in [1.807, 2.05) is 33.8 Å². The van der Waals surface area contributed by atoms with E-state index in [1.54, 1.807) is 19.1 Å². The molecule has 0 bridgehead atoms. The van der Waals surface area contributed by atoms with Crippen molar-refractivity contribution in [1.29, 1.82) is 0 Å². The Hall–Kier alpha value is -1.77. The first-order valence-corrected chi connectivity index (χ1v) is 8.71. The fraction of sp³-hybridized carbons (Fsp3) is 0.611. The minimum atomic E-state index is -0.604. The number of benzene rings is 1. The predicted molar refractivity (Wildman–Crippen MR) is 100.0 cm³/mol. The average molecular weight is 365 g/mol. The molecule has 1 aliphatic heterocycles. The van der Waals surface area contributed by atoms with Crippen molar-refractivity contribution in [2.24, 2.45) is 0 Å². The highest BCUT2D eigenvalue weighted by molar-refractivity contribution is 6.62. The number of rotatable bonds is 6. The number of methoxy groups -OCH3 is 1. The van der Waals surface area contributed by atoms with Crippen molar-refractivity contribution < 1.29 is 28.7 Å². The number of carbonyl (C=O) groups is 1. The van der Waals surface area contributed by atoms with E-state index in [2.05, 4.69) is 5.32 Å². The maximum Gasteiger partial charge on any atom is 0.494 e. The van der Waals surface area contributed by atoms with Gasteiger partial charge in [-0.2, -0.15) is 0 Å². The number of aliphatic hydroxyl groups excluding tert-OH is 1. The average Bonchev–Trinajstić information content (AvgIpc) is 2.75. The van der Waals surface area contributed by atoms with Gasteiger partial charge >= 0.3 is 13.2 Å². The van der Waals surface area contributed by atoms with Crippen LogP contribution < -0.4 is 15.5 Å². The van der Waals surface area contributed by atoms with Gasteiger partial charge in [-0.1, -0.05) is 6.07 Å². The second kappa shape index (κ2) is 7.86. The van der Waals surface area contributed by atoms with Crippen LogP contribution in [0.15, 0.2) is 18.2 Å². The zero-order valence-electron chi connectivity index (χ0n) is 16.3. The molecule has 0 spiro atoms. The molecule has 1 fully saturated rings. The molecule has 144 valence electrons. The zero-order chi connectivity index (χ0) is 19.5. The maximum absolute atomic E-state index is 12.0. The van der Waals surface area contributed by atoms with E-state index in [4.69, 9.17) is 23.9 Å². The van der Waals surface area contributed by atoms with Crippen molar-refractivity contribution in [2.45, 2.75) is 58.3 Å². The van der Waals surface area contributed by atoms with E-state index >= 15 is 0 Å². The zero-order valence-corrected chi connectivity index (χ0v) is 16.3. The van der Waals surface area contributed by atoms with Crippen LogP contribution in [0.25, 0.3) is 0 Å². The highest BCUT2D eigenvalue weighted by Gasteiger charge is 2.51. The summed E-state index contributed by atoms with van der Waals surface area (Å²) in [5.41, 5.74) is 0.408. The van der Waals surface area contributed by atoms with Crippen LogP contribution in [0, 0.1) is 0 Å². The summed E-state index contributed by atoms with van der Waals surface area (Å²) in [6.45, 7) is 9.63. The number of nitrogens with one attached hydrogen (secondary N) is 1. The molecule has 1 atom stereocenters. The monoisotopic (exact) mass is 365 g/mol. The molecular weight excluding hydrogens is 337 g/mol. The van der Waals surface area contributed by atoms with Gasteiger partial charge in [-0.15, -0.1) is 0 Å². The van der Waals surface area contributed by atoms with E-state index in [0.29, 0.717) is 17.9 Å². The molecule has 1 amide bonds. The highest BCUT2D eigenvalue weighted by atomic mass is 16.7. The Morgan fingerprint density at radius 2 is 1.88 bits per heavy atom. The van der Waals surface area contributed by atoms with Crippen LogP contribution in [0.5, 0.6) is 5.75 Å². The van der Waals surface area contributed by atoms with E-state index in [0.717, 1.165) is 5.46 Å². The first kappa shape index (κ1) is 20.5. The van der Waals surface area contributed by atoms with Crippen molar-refractivity contribution in [2.75, 3.05) is 19.0 Å². The topological polar surface area (TPSA) is 86.2 Å². The van der Waals surface area contributed by atoms with Gasteiger partial charge in [0.2, 0.25) is 0 Å². The Kier molecular flexibility index (Phi) is 6.21. The summed E-state index contributed by atoms with van der Waals surface area (Å²) in [4.78, 5) is 12.0. The van der Waals surface area contributed by atoms with Crippen LogP contribution in [0.3, 0.4) is 0 Å². The molecule has 2 rings (SSSR count). The number of hydrogen-bond acceptors (Lipinski definition) is 6. The van der Waals surface area contributed by atoms with Crippen LogP contribution >= 0.6 is 0 Å². The lowest BCUT2D eigenvalue weighted by Crippen LogP contribution is -2.41. The molecule has 0 radical (unpaired) electrons. The molecule has 0 aliphatic carbocycles. The second-order valence-electron chi connectivity index (χ2n) is 7.40. The molecule has 1 aromatic rings. The second-order valence-corrected chi connectivity index (χ2v) is 7.40. The Morgan fingerprint density at radius 1 is 1.27 bits per heavy atom. The largest absolute Gasteiger partial charge is 0.495 e. The Balaban J connectivity index is 2.12. The van der Waals surface area contributed by atoms with E-state index in [9.17, 15) is 4.79 Å². The summed E-state index contributed by atoms with van der Waals surface area (Å²) < 4.78 is 22.6. The number of hydrogen-bond donors (Lipinski definition) is 2. The summed E-state index contributed by atoms with van der Waals surface area (Å²) in [5, 5.41) is 11.5. The van der Waals surface area contributed by atoms with Crippen molar-refractivity contribution in [3.63, 3.8) is 0 Å². The standard InChI is InChI=1S/C18H28BNO6/c1-12(9-10-21)24-16(22)20-14-8-7-13(11-15(14)23-6)19-25-17(2,3)18(4,5)26-19/h7-8,11-12,21H,9-10H2,1-6H3,(H,20,22)/t12-/m0/s1. The lowest BCUT2D eigenvalue weighted by atomic mass is 9.79.